The second kappa shape index (κ2) is 6.53. The molecule has 0 unspecified atom stereocenters. The maximum absolute atomic E-state index is 3.26. The zero-order chi connectivity index (χ0) is 10.2. The van der Waals surface area contributed by atoms with Crippen LogP contribution < -0.4 is 5.32 Å². The average molecular weight is 205 g/mol. The maximum Gasteiger partial charge on any atom is 0.0578 e. The molecule has 1 aromatic rings. The van der Waals surface area contributed by atoms with Gasteiger partial charge in [0.05, 0.1) is 6.54 Å². The molecule has 0 amide bonds. The van der Waals surface area contributed by atoms with E-state index < -0.39 is 0 Å². The van der Waals surface area contributed by atoms with Crippen molar-refractivity contribution < 1.29 is 0 Å². The van der Waals surface area contributed by atoms with Crippen LogP contribution in [0.5, 0.6) is 0 Å². The first kappa shape index (κ1) is 11.2. The van der Waals surface area contributed by atoms with Crippen LogP contribution in [0.4, 0.5) is 0 Å². The molecule has 0 fully saturated rings. The fourth-order valence-corrected chi connectivity index (χ4v) is 1.51. The summed E-state index contributed by atoms with van der Waals surface area (Å²) < 4.78 is 0. The van der Waals surface area contributed by atoms with E-state index in [1.807, 2.05) is 6.92 Å². The number of hydrogen-bond acceptors (Lipinski definition) is 2. The molecular weight excluding hydrogens is 190 g/mol. The Morgan fingerprint density at radius 1 is 1.29 bits per heavy atom. The molecule has 0 aliphatic heterocycles. The molecule has 0 saturated heterocycles. The van der Waals surface area contributed by atoms with E-state index in [2.05, 4.69) is 47.7 Å². The quantitative estimate of drug-likeness (QED) is 0.460. The number of nitrogens with one attached hydrogen (secondary N) is 1. The highest BCUT2D eigenvalue weighted by molar-refractivity contribution is 7.98. The van der Waals surface area contributed by atoms with E-state index >= 15 is 0 Å². The van der Waals surface area contributed by atoms with Gasteiger partial charge in [-0.25, -0.2) is 0 Å². The van der Waals surface area contributed by atoms with E-state index in [-0.39, 0.29) is 0 Å². The number of rotatable bonds is 4. The third kappa shape index (κ3) is 3.87. The summed E-state index contributed by atoms with van der Waals surface area (Å²) in [6.45, 7) is 3.51. The highest BCUT2D eigenvalue weighted by Crippen LogP contribution is 2.14. The largest absolute Gasteiger partial charge is 0.302 e. The lowest BCUT2D eigenvalue weighted by molar-refractivity contribution is 0.769. The van der Waals surface area contributed by atoms with Gasteiger partial charge in [-0.2, -0.15) is 0 Å². The Balaban J connectivity index is 2.38. The van der Waals surface area contributed by atoms with E-state index in [1.165, 1.54) is 10.5 Å². The standard InChI is InChI=1S/C12H15NS/c1-3-4-9-13-10-11-5-7-12(14-2)8-6-11/h5-8,13H,9-10H2,1-2H3. The number of benzene rings is 1. The lowest BCUT2D eigenvalue weighted by Crippen LogP contribution is -2.12. The predicted octanol–water partition coefficient (Wildman–Crippen LogP) is 2.52. The minimum Gasteiger partial charge on any atom is -0.302 e. The molecule has 74 valence electrons. The van der Waals surface area contributed by atoms with E-state index in [0.717, 1.165) is 13.1 Å². The molecule has 2 heteroatoms. The molecule has 0 aromatic heterocycles. The van der Waals surface area contributed by atoms with Gasteiger partial charge < -0.3 is 5.32 Å². The Morgan fingerprint density at radius 2 is 2.00 bits per heavy atom. The van der Waals surface area contributed by atoms with Crippen LogP contribution in [0.15, 0.2) is 29.2 Å². The van der Waals surface area contributed by atoms with Crippen LogP contribution in [0.1, 0.15) is 12.5 Å². The first-order valence-corrected chi connectivity index (χ1v) is 5.82. The third-order valence-corrected chi connectivity index (χ3v) is 2.62. The zero-order valence-electron chi connectivity index (χ0n) is 8.63. The summed E-state index contributed by atoms with van der Waals surface area (Å²) in [7, 11) is 0. The van der Waals surface area contributed by atoms with Gasteiger partial charge >= 0.3 is 0 Å². The highest BCUT2D eigenvalue weighted by Gasteiger charge is 1.92. The molecule has 0 bridgehead atoms. The Bertz CT molecular complexity index is 318. The normalized spacial score (nSPS) is 9.29. The molecule has 1 rings (SSSR count). The van der Waals surface area contributed by atoms with Crippen LogP contribution in [-0.4, -0.2) is 12.8 Å². The van der Waals surface area contributed by atoms with Crippen molar-refractivity contribution in [1.29, 1.82) is 0 Å². The fourth-order valence-electron chi connectivity index (χ4n) is 1.10. The van der Waals surface area contributed by atoms with Crippen LogP contribution in [0.2, 0.25) is 0 Å². The van der Waals surface area contributed by atoms with Crippen LogP contribution in [-0.2, 0) is 6.54 Å². The van der Waals surface area contributed by atoms with Gasteiger partial charge in [-0.15, -0.1) is 17.7 Å². The van der Waals surface area contributed by atoms with Gasteiger partial charge in [-0.05, 0) is 30.9 Å². The van der Waals surface area contributed by atoms with Crippen molar-refractivity contribution in [3.63, 3.8) is 0 Å². The van der Waals surface area contributed by atoms with Crippen molar-refractivity contribution in [2.45, 2.75) is 18.4 Å². The fraction of sp³-hybridized carbons (Fsp3) is 0.333. The van der Waals surface area contributed by atoms with Gasteiger partial charge in [0.25, 0.3) is 0 Å². The smallest absolute Gasteiger partial charge is 0.0578 e. The summed E-state index contributed by atoms with van der Waals surface area (Å²) in [4.78, 5) is 1.31. The van der Waals surface area contributed by atoms with Crippen LogP contribution >= 0.6 is 11.8 Å². The molecule has 1 N–H and O–H groups in total. The van der Waals surface area contributed by atoms with Crippen LogP contribution in [0.25, 0.3) is 0 Å². The first-order chi connectivity index (χ1) is 6.86. The van der Waals surface area contributed by atoms with Gasteiger partial charge in [-0.3, -0.25) is 0 Å². The van der Waals surface area contributed by atoms with Gasteiger partial charge in [-0.1, -0.05) is 18.1 Å². The summed E-state index contributed by atoms with van der Waals surface area (Å²) in [5.41, 5.74) is 1.31. The van der Waals surface area contributed by atoms with Crippen molar-refractivity contribution >= 4 is 11.8 Å². The molecule has 0 heterocycles. The number of hydrogen-bond donors (Lipinski definition) is 1. The maximum atomic E-state index is 3.26. The summed E-state index contributed by atoms with van der Waals surface area (Å²) in [5.74, 6) is 5.83. The molecule has 0 saturated carbocycles. The molecule has 0 aliphatic carbocycles. The van der Waals surface area contributed by atoms with Crippen molar-refractivity contribution in [2.75, 3.05) is 12.8 Å². The number of thioether (sulfide) groups is 1. The third-order valence-electron chi connectivity index (χ3n) is 1.88. The summed E-state index contributed by atoms with van der Waals surface area (Å²) in [6, 6.07) is 8.59. The molecule has 0 radical (unpaired) electrons. The van der Waals surface area contributed by atoms with Gasteiger partial charge in [0.2, 0.25) is 0 Å². The van der Waals surface area contributed by atoms with Gasteiger partial charge in [0.15, 0.2) is 0 Å². The van der Waals surface area contributed by atoms with Gasteiger partial charge in [0, 0.05) is 11.4 Å². The molecule has 14 heavy (non-hydrogen) atoms. The predicted molar refractivity (Wildman–Crippen MR) is 63.4 cm³/mol. The van der Waals surface area contributed by atoms with E-state index in [0.29, 0.717) is 0 Å². The molecule has 0 aliphatic rings. The SMILES string of the molecule is CC#CCNCc1ccc(SC)cc1. The second-order valence-electron chi connectivity index (χ2n) is 2.88. The van der Waals surface area contributed by atoms with Crippen LogP contribution in [0.3, 0.4) is 0 Å². The summed E-state index contributed by atoms with van der Waals surface area (Å²) >= 11 is 1.77. The highest BCUT2D eigenvalue weighted by atomic mass is 32.2. The van der Waals surface area contributed by atoms with E-state index in [4.69, 9.17) is 0 Å². The summed E-state index contributed by atoms with van der Waals surface area (Å²) in [5, 5.41) is 3.26. The van der Waals surface area contributed by atoms with E-state index in [1.54, 1.807) is 11.8 Å². The van der Waals surface area contributed by atoms with Crippen molar-refractivity contribution in [3.8, 4) is 11.8 Å². The first-order valence-electron chi connectivity index (χ1n) is 4.60. The Labute approximate surface area is 90.3 Å². The van der Waals surface area contributed by atoms with E-state index in [9.17, 15) is 0 Å². The Morgan fingerprint density at radius 3 is 2.57 bits per heavy atom. The lowest BCUT2D eigenvalue weighted by atomic mass is 10.2. The minimum atomic E-state index is 0.765. The zero-order valence-corrected chi connectivity index (χ0v) is 9.45. The van der Waals surface area contributed by atoms with Crippen LogP contribution in [0, 0.1) is 11.8 Å². The second-order valence-corrected chi connectivity index (χ2v) is 3.76. The monoisotopic (exact) mass is 205 g/mol. The minimum absolute atomic E-state index is 0.765. The average Bonchev–Trinajstić information content (AvgIpc) is 2.25. The Hall–Kier alpha value is -0.910. The lowest BCUT2D eigenvalue weighted by Gasteiger charge is -2.02. The topological polar surface area (TPSA) is 12.0 Å². The summed E-state index contributed by atoms with van der Waals surface area (Å²) in [6.07, 6.45) is 2.09. The van der Waals surface area contributed by atoms with Gasteiger partial charge in [0.1, 0.15) is 0 Å². The molecule has 0 spiro atoms. The van der Waals surface area contributed by atoms with Crippen molar-refractivity contribution in [2.24, 2.45) is 0 Å². The molecule has 1 aromatic carbocycles. The van der Waals surface area contributed by atoms with Crippen molar-refractivity contribution in [3.05, 3.63) is 29.8 Å². The van der Waals surface area contributed by atoms with Crippen molar-refractivity contribution in [1.82, 2.24) is 5.32 Å². The molecular formula is C12H15NS. The molecule has 0 atom stereocenters. The molecule has 1 nitrogen and oxygen atoms in total. The Kier molecular flexibility index (Phi) is 5.21.